The molecule has 2 aromatic rings. The van der Waals surface area contributed by atoms with Crippen LogP contribution < -0.4 is 0 Å². The molecule has 3 heterocycles. The Hall–Kier alpha value is -0.870. The molecule has 8 heteroatoms. The van der Waals surface area contributed by atoms with E-state index < -0.39 is 0 Å². The molecule has 2 saturated heterocycles. The Labute approximate surface area is 178 Å². The van der Waals surface area contributed by atoms with Gasteiger partial charge in [0.1, 0.15) is 9.57 Å². The summed E-state index contributed by atoms with van der Waals surface area (Å²) in [5, 5.41) is 11.1. The van der Waals surface area contributed by atoms with Gasteiger partial charge in [-0.25, -0.2) is 0 Å². The van der Waals surface area contributed by atoms with Crippen LogP contribution in [0.1, 0.15) is 16.7 Å². The second-order valence-electron chi connectivity index (χ2n) is 7.33. The Kier molecular flexibility index (Phi) is 6.78. The number of hydrogen-bond donors (Lipinski definition) is 1. The number of benzene rings is 1. The van der Waals surface area contributed by atoms with Crippen molar-refractivity contribution in [2.75, 3.05) is 52.6 Å². The fraction of sp³-hybridized carbons (Fsp3) is 0.550. The van der Waals surface area contributed by atoms with E-state index in [0.717, 1.165) is 80.6 Å². The maximum Gasteiger partial charge on any atom is 0.124 e. The molecule has 152 valence electrons. The number of rotatable bonds is 5. The summed E-state index contributed by atoms with van der Waals surface area (Å²) in [7, 11) is 3.39. The molecule has 0 unspecified atom stereocenters. The molecule has 0 saturated carbocycles. The standard InChI is InChI=1S/C20H26N2O3S3/c1-14-19(27-28-20(14)26)15-10-16(12-21-2-6-24-7-3-21)18(23)17(11-15)13-22-4-8-25-9-5-22/h10-11,23H,2-9,12-13H2,1H3. The minimum absolute atomic E-state index is 0.429. The van der Waals surface area contributed by atoms with Crippen molar-refractivity contribution in [3.8, 4) is 16.2 Å². The first kappa shape index (κ1) is 20.4. The topological polar surface area (TPSA) is 45.2 Å². The van der Waals surface area contributed by atoms with Crippen LogP contribution in [-0.4, -0.2) is 67.5 Å². The third-order valence-corrected chi connectivity index (χ3v) is 8.74. The van der Waals surface area contributed by atoms with E-state index in [1.54, 1.807) is 20.7 Å². The van der Waals surface area contributed by atoms with Crippen LogP contribution in [0.15, 0.2) is 12.1 Å². The van der Waals surface area contributed by atoms with Crippen molar-refractivity contribution in [2.45, 2.75) is 20.0 Å². The van der Waals surface area contributed by atoms with Crippen LogP contribution in [0.5, 0.6) is 5.75 Å². The lowest BCUT2D eigenvalue weighted by Crippen LogP contribution is -2.36. The lowest BCUT2D eigenvalue weighted by atomic mass is 10.0. The maximum atomic E-state index is 11.1. The molecule has 0 spiro atoms. The summed E-state index contributed by atoms with van der Waals surface area (Å²) >= 11 is 5.46. The number of phenols is 1. The largest absolute Gasteiger partial charge is 0.507 e. The predicted molar refractivity (Wildman–Crippen MR) is 117 cm³/mol. The molecule has 0 radical (unpaired) electrons. The van der Waals surface area contributed by atoms with Crippen LogP contribution in [0, 0.1) is 10.7 Å². The molecule has 5 nitrogen and oxygen atoms in total. The quantitative estimate of drug-likeness (QED) is 0.565. The van der Waals surface area contributed by atoms with Crippen LogP contribution in [0.25, 0.3) is 10.4 Å². The Morgan fingerprint density at radius 2 is 1.43 bits per heavy atom. The van der Waals surface area contributed by atoms with Crippen molar-refractivity contribution in [3.05, 3.63) is 32.6 Å². The normalized spacial score (nSPS) is 19.2. The fourth-order valence-electron chi connectivity index (χ4n) is 3.69. The average molecular weight is 439 g/mol. The summed E-state index contributed by atoms with van der Waals surface area (Å²) in [4.78, 5) is 5.92. The third-order valence-electron chi connectivity index (χ3n) is 5.37. The van der Waals surface area contributed by atoms with Gasteiger partial charge in [-0.2, -0.15) is 0 Å². The van der Waals surface area contributed by atoms with Crippen molar-refractivity contribution < 1.29 is 14.6 Å². The van der Waals surface area contributed by atoms with Gasteiger partial charge >= 0.3 is 0 Å². The van der Waals surface area contributed by atoms with Crippen LogP contribution in [0.2, 0.25) is 0 Å². The average Bonchev–Trinajstić information content (AvgIpc) is 3.05. The van der Waals surface area contributed by atoms with Crippen molar-refractivity contribution >= 4 is 32.9 Å². The summed E-state index contributed by atoms with van der Waals surface area (Å²) in [6.07, 6.45) is 0. The van der Waals surface area contributed by atoms with E-state index in [4.69, 9.17) is 21.7 Å². The minimum atomic E-state index is 0.429. The third kappa shape index (κ3) is 4.64. The molecule has 1 N–H and O–H groups in total. The van der Waals surface area contributed by atoms with Gasteiger partial charge in [0.05, 0.1) is 31.3 Å². The second kappa shape index (κ2) is 9.30. The van der Waals surface area contributed by atoms with Crippen molar-refractivity contribution in [2.24, 2.45) is 0 Å². The Morgan fingerprint density at radius 3 is 1.86 bits per heavy atom. The zero-order valence-corrected chi connectivity index (χ0v) is 18.6. The van der Waals surface area contributed by atoms with E-state index >= 15 is 0 Å². The molecule has 28 heavy (non-hydrogen) atoms. The monoisotopic (exact) mass is 438 g/mol. The second-order valence-corrected chi connectivity index (χ2v) is 10.1. The zero-order valence-electron chi connectivity index (χ0n) is 16.1. The number of aromatic hydroxyl groups is 1. The minimum Gasteiger partial charge on any atom is -0.507 e. The molecule has 0 bridgehead atoms. The zero-order chi connectivity index (χ0) is 19.5. The van der Waals surface area contributed by atoms with Crippen LogP contribution >= 0.6 is 32.9 Å². The van der Waals surface area contributed by atoms with E-state index in [9.17, 15) is 5.11 Å². The molecule has 2 aliphatic heterocycles. The summed E-state index contributed by atoms with van der Waals surface area (Å²) in [5.41, 5.74) is 4.32. The van der Waals surface area contributed by atoms with E-state index in [0.29, 0.717) is 5.75 Å². The molecule has 1 aromatic carbocycles. The van der Waals surface area contributed by atoms with Gasteiger partial charge in [-0.3, -0.25) is 9.80 Å². The van der Waals surface area contributed by atoms with E-state index in [1.807, 2.05) is 0 Å². The number of hydrogen-bond acceptors (Lipinski definition) is 8. The number of nitrogens with zero attached hydrogens (tertiary/aromatic N) is 2. The number of morpholine rings is 2. The Morgan fingerprint density at radius 1 is 0.929 bits per heavy atom. The number of ether oxygens (including phenoxy) is 2. The van der Waals surface area contributed by atoms with Crippen LogP contribution in [-0.2, 0) is 22.6 Å². The summed E-state index contributed by atoms with van der Waals surface area (Å²) in [6, 6.07) is 4.29. The molecule has 4 rings (SSSR count). The first-order chi connectivity index (χ1) is 13.6. The van der Waals surface area contributed by atoms with Gasteiger partial charge in [-0.05, 0) is 30.2 Å². The van der Waals surface area contributed by atoms with Crippen molar-refractivity contribution in [1.29, 1.82) is 0 Å². The molecule has 0 aliphatic carbocycles. The maximum absolute atomic E-state index is 11.1. The van der Waals surface area contributed by atoms with E-state index in [-0.39, 0.29) is 0 Å². The van der Waals surface area contributed by atoms with Crippen molar-refractivity contribution in [3.63, 3.8) is 0 Å². The molecule has 0 atom stereocenters. The van der Waals surface area contributed by atoms with E-state index in [2.05, 4.69) is 28.9 Å². The number of phenolic OH excluding ortho intramolecular Hbond substituents is 1. The van der Waals surface area contributed by atoms with Gasteiger partial charge in [-0.15, -0.1) is 0 Å². The molecular formula is C20H26N2O3S3. The molecular weight excluding hydrogens is 412 g/mol. The molecule has 2 aliphatic rings. The lowest BCUT2D eigenvalue weighted by molar-refractivity contribution is 0.0328. The van der Waals surface area contributed by atoms with E-state index in [1.165, 1.54) is 16.0 Å². The summed E-state index contributed by atoms with van der Waals surface area (Å²) < 4.78 is 11.9. The molecule has 0 amide bonds. The first-order valence-electron chi connectivity index (χ1n) is 9.67. The highest BCUT2D eigenvalue weighted by atomic mass is 32.9. The van der Waals surface area contributed by atoms with Gasteiger partial charge in [0.25, 0.3) is 0 Å². The Balaban J connectivity index is 1.68. The van der Waals surface area contributed by atoms with Crippen LogP contribution in [0.3, 0.4) is 0 Å². The highest BCUT2D eigenvalue weighted by molar-refractivity contribution is 7.80. The highest BCUT2D eigenvalue weighted by Crippen LogP contribution is 2.38. The van der Waals surface area contributed by atoms with Gasteiger partial charge in [-0.1, -0.05) is 32.9 Å². The predicted octanol–water partition coefficient (Wildman–Crippen LogP) is 3.88. The smallest absolute Gasteiger partial charge is 0.124 e. The van der Waals surface area contributed by atoms with Gasteiger partial charge in [0.15, 0.2) is 0 Å². The Bertz CT molecular complexity index is 827. The van der Waals surface area contributed by atoms with Crippen LogP contribution in [0.4, 0.5) is 0 Å². The summed E-state index contributed by atoms with van der Waals surface area (Å²) in [5.74, 6) is 0.429. The van der Waals surface area contributed by atoms with Gasteiger partial charge in [0, 0.05) is 50.4 Å². The highest BCUT2D eigenvalue weighted by Gasteiger charge is 2.20. The lowest BCUT2D eigenvalue weighted by Gasteiger charge is -2.29. The van der Waals surface area contributed by atoms with Crippen molar-refractivity contribution in [1.82, 2.24) is 9.80 Å². The molecule has 1 aromatic heterocycles. The van der Waals surface area contributed by atoms with Gasteiger partial charge < -0.3 is 14.6 Å². The van der Waals surface area contributed by atoms with Gasteiger partial charge in [0.2, 0.25) is 0 Å². The fourth-order valence-corrected chi connectivity index (χ4v) is 6.57. The first-order valence-corrected chi connectivity index (χ1v) is 12.2. The summed E-state index contributed by atoms with van der Waals surface area (Å²) in [6.45, 7) is 10.2. The molecule has 2 fully saturated rings. The SMILES string of the molecule is Cc1c(-c2cc(CN3CCOCC3)c(O)c(CN3CCOCC3)c2)ssc1=S.